The summed E-state index contributed by atoms with van der Waals surface area (Å²) in [5.74, 6) is -1.33. The molecular formula is C17H23N3O6S. The Labute approximate surface area is 157 Å². The van der Waals surface area contributed by atoms with Crippen LogP contribution >= 0.6 is 0 Å². The van der Waals surface area contributed by atoms with Gasteiger partial charge in [-0.2, -0.15) is 4.31 Å². The molecule has 1 aromatic carbocycles. The van der Waals surface area contributed by atoms with Gasteiger partial charge >= 0.3 is 11.7 Å². The average molecular weight is 397 g/mol. The largest absolute Gasteiger partial charge is 0.468 e. The van der Waals surface area contributed by atoms with Gasteiger partial charge in [-0.15, -0.1) is 0 Å². The van der Waals surface area contributed by atoms with Gasteiger partial charge in [-0.25, -0.2) is 13.2 Å². The van der Waals surface area contributed by atoms with Crippen LogP contribution in [0, 0.1) is 0 Å². The van der Waals surface area contributed by atoms with Gasteiger partial charge in [0.1, 0.15) is 6.54 Å². The van der Waals surface area contributed by atoms with Crippen molar-refractivity contribution in [2.24, 2.45) is 0 Å². The Morgan fingerprint density at radius 1 is 1.22 bits per heavy atom. The lowest BCUT2D eigenvalue weighted by atomic mass is 10.3. The summed E-state index contributed by atoms with van der Waals surface area (Å²) in [6.45, 7) is 4.99. The molecule has 0 radical (unpaired) electrons. The lowest BCUT2D eigenvalue weighted by molar-refractivity contribution is -0.141. The first kappa shape index (κ1) is 19.6. The fourth-order valence-electron chi connectivity index (χ4n) is 3.21. The Balaban J connectivity index is 1.87. The summed E-state index contributed by atoms with van der Waals surface area (Å²) in [6.07, 6.45) is 1.03. The van der Waals surface area contributed by atoms with Gasteiger partial charge in [0.15, 0.2) is 5.58 Å². The van der Waals surface area contributed by atoms with Crippen LogP contribution in [0.15, 0.2) is 32.3 Å². The Morgan fingerprint density at radius 2 is 1.93 bits per heavy atom. The maximum absolute atomic E-state index is 12.9. The van der Waals surface area contributed by atoms with Crippen LogP contribution in [0.25, 0.3) is 11.1 Å². The van der Waals surface area contributed by atoms with Crippen LogP contribution in [0.2, 0.25) is 0 Å². The normalized spacial score (nSPS) is 16.7. The fourth-order valence-corrected chi connectivity index (χ4v) is 4.65. The summed E-state index contributed by atoms with van der Waals surface area (Å²) in [7, 11) is -2.46. The van der Waals surface area contributed by atoms with E-state index in [9.17, 15) is 18.0 Å². The molecule has 0 spiro atoms. The molecule has 148 valence electrons. The van der Waals surface area contributed by atoms with Crippen LogP contribution in [0.4, 0.5) is 0 Å². The van der Waals surface area contributed by atoms with Crippen molar-refractivity contribution < 1.29 is 22.4 Å². The fraction of sp³-hybridized carbons (Fsp3) is 0.529. The van der Waals surface area contributed by atoms with E-state index in [2.05, 4.69) is 16.6 Å². The van der Waals surface area contributed by atoms with Crippen LogP contribution in [0.1, 0.15) is 13.3 Å². The van der Waals surface area contributed by atoms with E-state index in [1.165, 1.54) is 29.6 Å². The van der Waals surface area contributed by atoms with Crippen LogP contribution in [-0.2, 0) is 26.1 Å². The van der Waals surface area contributed by atoms with Crippen molar-refractivity contribution in [1.29, 1.82) is 0 Å². The van der Waals surface area contributed by atoms with Gasteiger partial charge in [-0.1, -0.05) is 6.92 Å². The van der Waals surface area contributed by atoms with Gasteiger partial charge in [0.2, 0.25) is 10.0 Å². The molecule has 0 aliphatic carbocycles. The van der Waals surface area contributed by atoms with Gasteiger partial charge in [-0.05, 0) is 25.1 Å². The second-order valence-electron chi connectivity index (χ2n) is 6.41. The summed E-state index contributed by atoms with van der Waals surface area (Å²) in [5, 5.41) is 0. The summed E-state index contributed by atoms with van der Waals surface area (Å²) in [4.78, 5) is 25.7. The highest BCUT2D eigenvalue weighted by Crippen LogP contribution is 2.22. The van der Waals surface area contributed by atoms with Crippen molar-refractivity contribution in [3.63, 3.8) is 0 Å². The number of methoxy groups -OCH3 is 1. The van der Waals surface area contributed by atoms with Crippen molar-refractivity contribution in [2.45, 2.75) is 24.8 Å². The molecule has 1 fully saturated rings. The molecule has 0 N–H and O–H groups in total. The third kappa shape index (κ3) is 3.92. The van der Waals surface area contributed by atoms with E-state index in [0.29, 0.717) is 31.7 Å². The second-order valence-corrected chi connectivity index (χ2v) is 8.34. The minimum atomic E-state index is -3.68. The molecule has 3 rings (SSSR count). The smallest absolute Gasteiger partial charge is 0.420 e. The number of benzene rings is 1. The van der Waals surface area contributed by atoms with Gasteiger partial charge in [-0.3, -0.25) is 9.36 Å². The Bertz CT molecular complexity index is 986. The van der Waals surface area contributed by atoms with Gasteiger partial charge in [0, 0.05) is 32.2 Å². The van der Waals surface area contributed by atoms with Crippen molar-refractivity contribution in [1.82, 2.24) is 13.8 Å². The van der Waals surface area contributed by atoms with Crippen molar-refractivity contribution >= 4 is 27.1 Å². The average Bonchev–Trinajstić information content (AvgIpc) is 2.97. The first-order valence-electron chi connectivity index (χ1n) is 8.79. The number of fused-ring (bicyclic) bond motifs is 1. The number of rotatable bonds is 6. The maximum atomic E-state index is 12.9. The highest BCUT2D eigenvalue weighted by molar-refractivity contribution is 7.89. The summed E-state index contributed by atoms with van der Waals surface area (Å²) in [6, 6.07) is 4.24. The van der Waals surface area contributed by atoms with E-state index in [1.54, 1.807) is 0 Å². The van der Waals surface area contributed by atoms with E-state index >= 15 is 0 Å². The number of oxazole rings is 1. The predicted molar refractivity (Wildman–Crippen MR) is 98.0 cm³/mol. The Kier molecular flexibility index (Phi) is 5.68. The van der Waals surface area contributed by atoms with E-state index < -0.39 is 21.7 Å². The molecule has 27 heavy (non-hydrogen) atoms. The topological polar surface area (TPSA) is 102 Å². The van der Waals surface area contributed by atoms with Gasteiger partial charge < -0.3 is 14.1 Å². The number of carbonyl (C=O) groups excluding carboxylic acids is 1. The molecule has 2 heterocycles. The second kappa shape index (κ2) is 7.83. The molecule has 9 nitrogen and oxygen atoms in total. The molecule has 1 saturated heterocycles. The number of nitrogens with zero attached hydrogens (tertiary/aromatic N) is 3. The first-order valence-corrected chi connectivity index (χ1v) is 10.2. The molecule has 1 aliphatic heterocycles. The van der Waals surface area contributed by atoms with Crippen molar-refractivity contribution in [3.05, 3.63) is 28.7 Å². The number of hydrogen-bond donors (Lipinski definition) is 0. The third-order valence-corrected chi connectivity index (χ3v) is 6.56. The van der Waals surface area contributed by atoms with E-state index in [1.807, 2.05) is 0 Å². The zero-order valence-electron chi connectivity index (χ0n) is 15.4. The van der Waals surface area contributed by atoms with Crippen LogP contribution in [0.3, 0.4) is 0 Å². The molecule has 2 aromatic rings. The molecule has 0 atom stereocenters. The zero-order valence-corrected chi connectivity index (χ0v) is 16.2. The van der Waals surface area contributed by atoms with Crippen molar-refractivity contribution in [3.8, 4) is 0 Å². The SMILES string of the molecule is CCCN1CCN(S(=O)(=O)c2ccc3c(c2)oc(=O)n3CC(=O)OC)CC1. The van der Waals surface area contributed by atoms with E-state index in [4.69, 9.17) is 4.42 Å². The summed E-state index contributed by atoms with van der Waals surface area (Å²) >= 11 is 0. The summed E-state index contributed by atoms with van der Waals surface area (Å²) < 4.78 is 38.1. The quantitative estimate of drug-likeness (QED) is 0.654. The van der Waals surface area contributed by atoms with E-state index in [0.717, 1.165) is 17.5 Å². The standard InChI is InChI=1S/C17H23N3O6S/c1-3-6-18-7-9-19(10-8-18)27(23,24)13-4-5-14-15(11-13)26-17(22)20(14)12-16(21)25-2/h4-5,11H,3,6-10,12H2,1-2H3. The van der Waals surface area contributed by atoms with E-state index in [-0.39, 0.29) is 17.0 Å². The highest BCUT2D eigenvalue weighted by atomic mass is 32.2. The van der Waals surface area contributed by atoms with Crippen molar-refractivity contribution in [2.75, 3.05) is 39.8 Å². The van der Waals surface area contributed by atoms with Crippen LogP contribution < -0.4 is 5.76 Å². The molecular weight excluding hydrogens is 374 g/mol. The summed E-state index contributed by atoms with van der Waals surface area (Å²) in [5.41, 5.74) is 0.465. The number of aromatic nitrogens is 1. The van der Waals surface area contributed by atoms with Crippen LogP contribution in [0.5, 0.6) is 0 Å². The molecule has 0 bridgehead atoms. The zero-order chi connectivity index (χ0) is 19.6. The molecule has 10 heteroatoms. The Morgan fingerprint density at radius 3 is 2.56 bits per heavy atom. The molecule has 1 aliphatic rings. The minimum absolute atomic E-state index is 0.0675. The number of hydrogen-bond acceptors (Lipinski definition) is 7. The maximum Gasteiger partial charge on any atom is 0.420 e. The molecule has 1 aromatic heterocycles. The number of sulfonamides is 1. The minimum Gasteiger partial charge on any atom is -0.468 e. The Hall–Kier alpha value is -2.17. The lowest BCUT2D eigenvalue weighted by Crippen LogP contribution is -2.48. The van der Waals surface area contributed by atoms with Gasteiger partial charge in [0.25, 0.3) is 0 Å². The highest BCUT2D eigenvalue weighted by Gasteiger charge is 2.29. The monoisotopic (exact) mass is 397 g/mol. The van der Waals surface area contributed by atoms with Gasteiger partial charge in [0.05, 0.1) is 17.5 Å². The number of ether oxygens (including phenoxy) is 1. The first-order chi connectivity index (χ1) is 12.9. The van der Waals surface area contributed by atoms with Crippen LogP contribution in [-0.4, -0.2) is 68.0 Å². The lowest BCUT2D eigenvalue weighted by Gasteiger charge is -2.33. The molecule has 0 saturated carbocycles. The molecule has 0 amide bonds. The third-order valence-electron chi connectivity index (χ3n) is 4.66. The molecule has 0 unspecified atom stereocenters. The number of esters is 1. The number of piperazine rings is 1. The predicted octanol–water partition coefficient (Wildman–Crippen LogP) is 0.484. The number of carbonyl (C=O) groups is 1.